The molecule has 2 heteroatoms. The van der Waals surface area contributed by atoms with E-state index in [0.29, 0.717) is 6.04 Å². The van der Waals surface area contributed by atoms with Gasteiger partial charge in [0.05, 0.1) is 6.04 Å². The molecule has 0 amide bonds. The van der Waals surface area contributed by atoms with Gasteiger partial charge in [0.2, 0.25) is 0 Å². The van der Waals surface area contributed by atoms with Crippen LogP contribution in [0.5, 0.6) is 0 Å². The fraction of sp³-hybridized carbons (Fsp3) is 0.333. The van der Waals surface area contributed by atoms with Crippen LogP contribution < -0.4 is 9.80 Å². The third-order valence-electron chi connectivity index (χ3n) is 4.58. The van der Waals surface area contributed by atoms with Gasteiger partial charge in [0.1, 0.15) is 0 Å². The summed E-state index contributed by atoms with van der Waals surface area (Å²) < 4.78 is 0. The Bertz CT molecular complexity index is 593. The number of para-hydroxylation sites is 2. The summed E-state index contributed by atoms with van der Waals surface area (Å²) in [7, 11) is 0. The third-order valence-corrected chi connectivity index (χ3v) is 4.58. The van der Waals surface area contributed by atoms with Gasteiger partial charge in [-0.1, -0.05) is 36.4 Å². The first kappa shape index (κ1) is 11.8. The van der Waals surface area contributed by atoms with Crippen LogP contribution in [-0.2, 0) is 6.42 Å². The van der Waals surface area contributed by atoms with Gasteiger partial charge in [-0.2, -0.15) is 0 Å². The molecule has 1 atom stereocenters. The van der Waals surface area contributed by atoms with Crippen LogP contribution in [0.3, 0.4) is 0 Å². The van der Waals surface area contributed by atoms with Crippen LogP contribution in [0.15, 0.2) is 54.6 Å². The lowest BCUT2D eigenvalue weighted by atomic mass is 10.1. The molecule has 2 aromatic carbocycles. The van der Waals surface area contributed by atoms with E-state index in [-0.39, 0.29) is 0 Å². The molecule has 0 radical (unpaired) electrons. The predicted octanol–water partition coefficient (Wildman–Crippen LogP) is 3.33. The Morgan fingerprint density at radius 1 is 0.850 bits per heavy atom. The van der Waals surface area contributed by atoms with Crippen LogP contribution in [0, 0.1) is 0 Å². The monoisotopic (exact) mass is 264 g/mol. The second kappa shape index (κ2) is 4.86. The molecular formula is C18H20N2. The fourth-order valence-corrected chi connectivity index (χ4v) is 3.64. The Kier molecular flexibility index (Phi) is 2.87. The highest BCUT2D eigenvalue weighted by Gasteiger charge is 2.32. The van der Waals surface area contributed by atoms with Crippen molar-refractivity contribution in [1.82, 2.24) is 0 Å². The number of nitrogens with zero attached hydrogens (tertiary/aromatic N) is 2. The lowest BCUT2D eigenvalue weighted by molar-refractivity contribution is 0.649. The summed E-state index contributed by atoms with van der Waals surface area (Å²) >= 11 is 0. The van der Waals surface area contributed by atoms with E-state index in [9.17, 15) is 0 Å². The first-order chi connectivity index (χ1) is 9.92. The van der Waals surface area contributed by atoms with Crippen LogP contribution in [0.1, 0.15) is 12.0 Å². The highest BCUT2D eigenvalue weighted by atomic mass is 15.3. The molecule has 0 spiro atoms. The molecule has 102 valence electrons. The van der Waals surface area contributed by atoms with Crippen molar-refractivity contribution < 1.29 is 0 Å². The van der Waals surface area contributed by atoms with Crippen molar-refractivity contribution in [3.8, 4) is 0 Å². The summed E-state index contributed by atoms with van der Waals surface area (Å²) in [6.45, 7) is 3.49. The van der Waals surface area contributed by atoms with Crippen molar-refractivity contribution in [1.29, 1.82) is 0 Å². The normalized spacial score (nSPS) is 21.3. The molecule has 0 N–H and O–H groups in total. The summed E-state index contributed by atoms with van der Waals surface area (Å²) in [4.78, 5) is 5.18. The molecule has 4 rings (SSSR count). The number of fused-ring (bicyclic) bond motifs is 3. The van der Waals surface area contributed by atoms with Crippen molar-refractivity contribution in [2.45, 2.75) is 18.9 Å². The highest BCUT2D eigenvalue weighted by Crippen LogP contribution is 2.34. The average Bonchev–Trinajstić information content (AvgIpc) is 2.71. The molecule has 0 aliphatic carbocycles. The minimum Gasteiger partial charge on any atom is -0.369 e. The zero-order chi connectivity index (χ0) is 13.4. The third kappa shape index (κ3) is 1.96. The molecule has 0 aromatic heterocycles. The van der Waals surface area contributed by atoms with Gasteiger partial charge in [-0.05, 0) is 36.6 Å². The molecule has 0 bridgehead atoms. The lowest BCUT2D eigenvalue weighted by Crippen LogP contribution is -2.38. The van der Waals surface area contributed by atoms with Crippen molar-refractivity contribution in [3.63, 3.8) is 0 Å². The van der Waals surface area contributed by atoms with Crippen LogP contribution in [0.4, 0.5) is 11.4 Å². The number of benzene rings is 2. The predicted molar refractivity (Wildman–Crippen MR) is 84.6 cm³/mol. The first-order valence-corrected chi connectivity index (χ1v) is 7.56. The van der Waals surface area contributed by atoms with E-state index in [4.69, 9.17) is 0 Å². The summed E-state index contributed by atoms with van der Waals surface area (Å²) in [5.41, 5.74) is 4.35. The molecule has 2 aliphatic heterocycles. The first-order valence-electron chi connectivity index (χ1n) is 7.56. The van der Waals surface area contributed by atoms with E-state index in [1.807, 2.05) is 0 Å². The van der Waals surface area contributed by atoms with Gasteiger partial charge in [-0.25, -0.2) is 0 Å². The van der Waals surface area contributed by atoms with Crippen molar-refractivity contribution >= 4 is 11.4 Å². The molecule has 20 heavy (non-hydrogen) atoms. The van der Waals surface area contributed by atoms with E-state index in [1.165, 1.54) is 42.9 Å². The average molecular weight is 264 g/mol. The molecule has 1 saturated heterocycles. The van der Waals surface area contributed by atoms with Crippen LogP contribution in [-0.4, -0.2) is 25.7 Å². The number of anilines is 2. The quantitative estimate of drug-likeness (QED) is 0.779. The summed E-state index contributed by atoms with van der Waals surface area (Å²) in [5, 5.41) is 0. The molecule has 0 saturated carbocycles. The van der Waals surface area contributed by atoms with Crippen LogP contribution >= 0.6 is 0 Å². The Labute approximate surface area is 120 Å². The SMILES string of the molecule is c1ccc(N2CCCN3c4ccccc4CC3C2)cc1. The van der Waals surface area contributed by atoms with Gasteiger partial charge in [0, 0.05) is 31.0 Å². The maximum absolute atomic E-state index is 2.62. The molecule has 1 unspecified atom stereocenters. The minimum absolute atomic E-state index is 0.634. The maximum Gasteiger partial charge on any atom is 0.0506 e. The van der Waals surface area contributed by atoms with E-state index in [0.717, 1.165) is 6.54 Å². The molecule has 2 nitrogen and oxygen atoms in total. The summed E-state index contributed by atoms with van der Waals surface area (Å²) in [6.07, 6.45) is 2.43. The largest absolute Gasteiger partial charge is 0.369 e. The van der Waals surface area contributed by atoms with E-state index in [2.05, 4.69) is 64.4 Å². The lowest BCUT2D eigenvalue weighted by Gasteiger charge is -2.28. The van der Waals surface area contributed by atoms with Gasteiger partial charge in [-0.3, -0.25) is 0 Å². The zero-order valence-electron chi connectivity index (χ0n) is 11.7. The van der Waals surface area contributed by atoms with Gasteiger partial charge in [0.15, 0.2) is 0 Å². The summed E-state index contributed by atoms with van der Waals surface area (Å²) in [6, 6.07) is 20.4. The van der Waals surface area contributed by atoms with Crippen molar-refractivity contribution in [2.24, 2.45) is 0 Å². The summed E-state index contributed by atoms with van der Waals surface area (Å²) in [5.74, 6) is 0. The van der Waals surface area contributed by atoms with Gasteiger partial charge >= 0.3 is 0 Å². The Balaban J connectivity index is 1.61. The van der Waals surface area contributed by atoms with E-state index < -0.39 is 0 Å². The highest BCUT2D eigenvalue weighted by molar-refractivity contribution is 5.60. The Morgan fingerprint density at radius 2 is 1.65 bits per heavy atom. The van der Waals surface area contributed by atoms with Gasteiger partial charge < -0.3 is 9.80 Å². The number of rotatable bonds is 1. The van der Waals surface area contributed by atoms with E-state index >= 15 is 0 Å². The number of hydrogen-bond donors (Lipinski definition) is 0. The molecule has 2 aliphatic rings. The molecular weight excluding hydrogens is 244 g/mol. The van der Waals surface area contributed by atoms with Crippen LogP contribution in [0.25, 0.3) is 0 Å². The van der Waals surface area contributed by atoms with Crippen LogP contribution in [0.2, 0.25) is 0 Å². The molecule has 1 fully saturated rings. The molecule has 2 aromatic rings. The minimum atomic E-state index is 0.634. The molecule has 2 heterocycles. The second-order valence-corrected chi connectivity index (χ2v) is 5.82. The number of hydrogen-bond acceptors (Lipinski definition) is 2. The standard InChI is InChI=1S/C18H20N2/c1-2-8-16(9-3-1)19-11-6-12-20-17(14-19)13-15-7-4-5-10-18(15)20/h1-5,7-10,17H,6,11-14H2. The van der Waals surface area contributed by atoms with E-state index in [1.54, 1.807) is 0 Å². The smallest absolute Gasteiger partial charge is 0.0506 e. The Morgan fingerprint density at radius 3 is 2.55 bits per heavy atom. The Hall–Kier alpha value is -1.96. The fourth-order valence-electron chi connectivity index (χ4n) is 3.64. The maximum atomic E-state index is 2.62. The van der Waals surface area contributed by atoms with Crippen molar-refractivity contribution in [3.05, 3.63) is 60.2 Å². The second-order valence-electron chi connectivity index (χ2n) is 5.82. The topological polar surface area (TPSA) is 6.48 Å². The van der Waals surface area contributed by atoms with Crippen molar-refractivity contribution in [2.75, 3.05) is 29.4 Å². The van der Waals surface area contributed by atoms with Gasteiger partial charge in [0.25, 0.3) is 0 Å². The zero-order valence-corrected chi connectivity index (χ0v) is 11.7. The van der Waals surface area contributed by atoms with Gasteiger partial charge in [-0.15, -0.1) is 0 Å².